The predicted molar refractivity (Wildman–Crippen MR) is 68.5 cm³/mol. The Morgan fingerprint density at radius 1 is 1.37 bits per heavy atom. The summed E-state index contributed by atoms with van der Waals surface area (Å²) in [5.74, 6) is 0.486. The summed E-state index contributed by atoms with van der Waals surface area (Å²) in [4.78, 5) is 15.6. The number of furan rings is 1. The molecule has 6 heteroatoms. The van der Waals surface area contributed by atoms with Gasteiger partial charge < -0.3 is 15.1 Å². The molecule has 0 unspecified atom stereocenters. The molecular formula is C13H12N4O2. The van der Waals surface area contributed by atoms with Gasteiger partial charge in [0.2, 0.25) is 0 Å². The molecule has 1 amide bonds. The van der Waals surface area contributed by atoms with Gasteiger partial charge in [-0.3, -0.25) is 4.79 Å². The quantitative estimate of drug-likeness (QED) is 0.789. The van der Waals surface area contributed by atoms with Crippen molar-refractivity contribution in [2.75, 3.05) is 18.4 Å². The van der Waals surface area contributed by atoms with E-state index < -0.39 is 0 Å². The molecule has 0 atom stereocenters. The Morgan fingerprint density at radius 3 is 2.89 bits per heavy atom. The Morgan fingerprint density at radius 2 is 2.26 bits per heavy atom. The van der Waals surface area contributed by atoms with E-state index in [2.05, 4.69) is 15.6 Å². The third-order valence-corrected chi connectivity index (χ3v) is 2.39. The monoisotopic (exact) mass is 256 g/mol. The van der Waals surface area contributed by atoms with E-state index in [0.29, 0.717) is 30.0 Å². The number of nitrogens with zero attached hydrogens (tertiary/aromatic N) is 2. The maximum atomic E-state index is 11.6. The molecule has 0 aliphatic rings. The zero-order valence-electron chi connectivity index (χ0n) is 10.1. The molecule has 0 aliphatic carbocycles. The Balaban J connectivity index is 1.72. The number of amides is 1. The van der Waals surface area contributed by atoms with Gasteiger partial charge in [-0.1, -0.05) is 0 Å². The van der Waals surface area contributed by atoms with Crippen molar-refractivity contribution in [2.45, 2.75) is 0 Å². The van der Waals surface area contributed by atoms with Gasteiger partial charge in [0.25, 0.3) is 5.91 Å². The van der Waals surface area contributed by atoms with Crippen LogP contribution in [-0.4, -0.2) is 24.0 Å². The molecule has 0 aromatic carbocycles. The van der Waals surface area contributed by atoms with Crippen LogP contribution in [0, 0.1) is 11.3 Å². The smallest absolute Gasteiger partial charge is 0.254 e. The Kier molecular flexibility index (Phi) is 4.13. The molecule has 6 nitrogen and oxygen atoms in total. The third kappa shape index (κ3) is 3.57. The highest BCUT2D eigenvalue weighted by Crippen LogP contribution is 2.03. The van der Waals surface area contributed by atoms with Gasteiger partial charge in [-0.05, 0) is 18.2 Å². The second-order valence-electron chi connectivity index (χ2n) is 3.74. The highest BCUT2D eigenvalue weighted by Gasteiger charge is 2.04. The molecule has 0 saturated heterocycles. The maximum absolute atomic E-state index is 11.6. The molecule has 0 saturated carbocycles. The van der Waals surface area contributed by atoms with E-state index in [1.54, 1.807) is 18.2 Å². The summed E-state index contributed by atoms with van der Waals surface area (Å²) in [5.41, 5.74) is 1.01. The Hall–Kier alpha value is -2.81. The van der Waals surface area contributed by atoms with Crippen LogP contribution < -0.4 is 10.6 Å². The number of hydrogen-bond acceptors (Lipinski definition) is 5. The predicted octanol–water partition coefficient (Wildman–Crippen LogP) is 1.39. The van der Waals surface area contributed by atoms with Gasteiger partial charge in [0.1, 0.15) is 18.2 Å². The minimum absolute atomic E-state index is 0.177. The Labute approximate surface area is 110 Å². The van der Waals surface area contributed by atoms with Gasteiger partial charge >= 0.3 is 0 Å². The average molecular weight is 256 g/mol. The third-order valence-electron chi connectivity index (χ3n) is 2.39. The number of anilines is 1. The summed E-state index contributed by atoms with van der Waals surface area (Å²) in [7, 11) is 0. The molecule has 0 spiro atoms. The van der Waals surface area contributed by atoms with Crippen LogP contribution in [0.2, 0.25) is 0 Å². The van der Waals surface area contributed by atoms with Crippen molar-refractivity contribution in [3.8, 4) is 6.07 Å². The fourth-order valence-electron chi connectivity index (χ4n) is 1.43. The lowest BCUT2D eigenvalue weighted by Gasteiger charge is -2.06. The van der Waals surface area contributed by atoms with Gasteiger partial charge in [-0.15, -0.1) is 0 Å². The zero-order valence-corrected chi connectivity index (χ0v) is 10.1. The first kappa shape index (κ1) is 12.6. The van der Waals surface area contributed by atoms with E-state index in [0.717, 1.165) is 0 Å². The molecule has 0 fully saturated rings. The van der Waals surface area contributed by atoms with E-state index >= 15 is 0 Å². The fraction of sp³-hybridized carbons (Fsp3) is 0.154. The van der Waals surface area contributed by atoms with Crippen LogP contribution in [0.15, 0.2) is 41.3 Å². The molecule has 0 bridgehead atoms. The van der Waals surface area contributed by atoms with Crippen molar-refractivity contribution in [3.63, 3.8) is 0 Å². The summed E-state index contributed by atoms with van der Waals surface area (Å²) in [6.45, 7) is 1.01. The second-order valence-corrected chi connectivity index (χ2v) is 3.74. The molecule has 0 aliphatic heterocycles. The van der Waals surface area contributed by atoms with E-state index in [1.807, 2.05) is 6.07 Å². The van der Waals surface area contributed by atoms with Gasteiger partial charge in [0.15, 0.2) is 0 Å². The maximum Gasteiger partial charge on any atom is 0.254 e. The summed E-state index contributed by atoms with van der Waals surface area (Å²) in [6, 6.07) is 7.00. The van der Waals surface area contributed by atoms with Gasteiger partial charge in [-0.25, -0.2) is 4.98 Å². The number of aromatic nitrogens is 1. The molecule has 96 valence electrons. The van der Waals surface area contributed by atoms with Crippen LogP contribution in [0.25, 0.3) is 0 Å². The van der Waals surface area contributed by atoms with E-state index in [9.17, 15) is 4.79 Å². The fourth-order valence-corrected chi connectivity index (χ4v) is 1.43. The largest absolute Gasteiger partial charge is 0.472 e. The summed E-state index contributed by atoms with van der Waals surface area (Å²) in [6.07, 6.45) is 4.34. The molecule has 0 radical (unpaired) electrons. The van der Waals surface area contributed by atoms with E-state index in [-0.39, 0.29) is 5.91 Å². The lowest BCUT2D eigenvalue weighted by molar-refractivity contribution is 0.0954. The van der Waals surface area contributed by atoms with Crippen molar-refractivity contribution in [1.82, 2.24) is 10.3 Å². The van der Waals surface area contributed by atoms with Crippen LogP contribution in [-0.2, 0) is 0 Å². The number of hydrogen-bond donors (Lipinski definition) is 2. The number of rotatable bonds is 5. The van der Waals surface area contributed by atoms with Gasteiger partial charge in [-0.2, -0.15) is 5.26 Å². The van der Waals surface area contributed by atoms with Crippen molar-refractivity contribution < 1.29 is 9.21 Å². The normalized spacial score (nSPS) is 9.63. The highest BCUT2D eigenvalue weighted by atomic mass is 16.3. The van der Waals surface area contributed by atoms with E-state index in [4.69, 9.17) is 9.68 Å². The standard InChI is InChI=1S/C13H12N4O2/c14-7-10-1-2-12(17-8-10)15-4-5-16-13(18)11-3-6-19-9-11/h1-3,6,8-9H,4-5H2,(H,15,17)(H,16,18). The van der Waals surface area contributed by atoms with Crippen molar-refractivity contribution in [3.05, 3.63) is 48.0 Å². The molecule has 19 heavy (non-hydrogen) atoms. The van der Waals surface area contributed by atoms with E-state index in [1.165, 1.54) is 18.7 Å². The number of nitriles is 1. The van der Waals surface area contributed by atoms with Crippen molar-refractivity contribution >= 4 is 11.7 Å². The molecule has 2 aromatic rings. The van der Waals surface area contributed by atoms with Crippen LogP contribution >= 0.6 is 0 Å². The van der Waals surface area contributed by atoms with Crippen LogP contribution in [0.3, 0.4) is 0 Å². The van der Waals surface area contributed by atoms with Crippen molar-refractivity contribution in [2.24, 2.45) is 0 Å². The SMILES string of the molecule is N#Cc1ccc(NCCNC(=O)c2ccoc2)nc1. The first-order valence-corrected chi connectivity index (χ1v) is 5.70. The molecule has 2 N–H and O–H groups in total. The first-order valence-electron chi connectivity index (χ1n) is 5.70. The number of carbonyl (C=O) groups excluding carboxylic acids is 1. The van der Waals surface area contributed by atoms with Crippen LogP contribution in [0.4, 0.5) is 5.82 Å². The summed E-state index contributed by atoms with van der Waals surface area (Å²) < 4.78 is 4.82. The number of carbonyl (C=O) groups is 1. The minimum atomic E-state index is -0.177. The molecule has 2 rings (SSSR count). The van der Waals surface area contributed by atoms with Crippen molar-refractivity contribution in [1.29, 1.82) is 5.26 Å². The highest BCUT2D eigenvalue weighted by molar-refractivity contribution is 5.93. The zero-order chi connectivity index (χ0) is 13.5. The minimum Gasteiger partial charge on any atom is -0.472 e. The van der Waals surface area contributed by atoms with Gasteiger partial charge in [0.05, 0.1) is 17.4 Å². The molecule has 2 aromatic heterocycles. The first-order chi connectivity index (χ1) is 9.29. The summed E-state index contributed by atoms with van der Waals surface area (Å²) in [5, 5.41) is 14.4. The summed E-state index contributed by atoms with van der Waals surface area (Å²) >= 11 is 0. The van der Waals surface area contributed by atoms with Crippen LogP contribution in [0.5, 0.6) is 0 Å². The van der Waals surface area contributed by atoms with Gasteiger partial charge in [0, 0.05) is 19.3 Å². The lowest BCUT2D eigenvalue weighted by Crippen LogP contribution is -2.28. The second kappa shape index (κ2) is 6.21. The topological polar surface area (TPSA) is 91.0 Å². The van der Waals surface area contributed by atoms with Crippen LogP contribution in [0.1, 0.15) is 15.9 Å². The average Bonchev–Trinajstić information content (AvgIpc) is 2.98. The number of pyridine rings is 1. The molecular weight excluding hydrogens is 244 g/mol. The molecule has 2 heterocycles. The number of nitrogens with one attached hydrogen (secondary N) is 2. The lowest BCUT2D eigenvalue weighted by atomic mass is 10.3. The Bertz CT molecular complexity index is 570.